The summed E-state index contributed by atoms with van der Waals surface area (Å²) < 4.78 is 5.56. The van der Waals surface area contributed by atoms with Crippen molar-refractivity contribution >= 4 is 0 Å². The van der Waals surface area contributed by atoms with Crippen LogP contribution in [0.15, 0.2) is 12.7 Å². The van der Waals surface area contributed by atoms with E-state index in [1.165, 1.54) is 0 Å². The summed E-state index contributed by atoms with van der Waals surface area (Å²) in [5, 5.41) is 10.2. The maximum Gasteiger partial charge on any atom is 0.114 e. The lowest BCUT2D eigenvalue weighted by molar-refractivity contribution is -0.00993. The number of epoxide rings is 1. The van der Waals surface area contributed by atoms with Crippen molar-refractivity contribution in [3.05, 3.63) is 12.7 Å². The lowest BCUT2D eigenvalue weighted by Crippen LogP contribution is -2.44. The first-order valence-electron chi connectivity index (χ1n) is 4.98. The molecule has 0 spiro atoms. The summed E-state index contributed by atoms with van der Waals surface area (Å²) in [7, 11) is 0. The fourth-order valence-electron chi connectivity index (χ4n) is 2.41. The zero-order valence-electron chi connectivity index (χ0n) is 8.42. The van der Waals surface area contributed by atoms with Gasteiger partial charge in [-0.05, 0) is 24.7 Å². The average molecular weight is 182 g/mol. The zero-order chi connectivity index (χ0) is 9.69. The lowest BCUT2D eigenvalue weighted by atomic mass is 9.70. The van der Waals surface area contributed by atoms with E-state index in [4.69, 9.17) is 4.74 Å². The number of aliphatic hydroxyl groups is 1. The maximum atomic E-state index is 10.2. The molecule has 74 valence electrons. The molecule has 0 bridgehead atoms. The van der Waals surface area contributed by atoms with E-state index in [0.29, 0.717) is 6.42 Å². The Morgan fingerprint density at radius 2 is 2.15 bits per heavy atom. The van der Waals surface area contributed by atoms with E-state index in [1.807, 2.05) is 0 Å². The highest BCUT2D eigenvalue weighted by Crippen LogP contribution is 2.53. The monoisotopic (exact) mass is 182 g/mol. The number of fused-ring (bicyclic) bond motifs is 1. The summed E-state index contributed by atoms with van der Waals surface area (Å²) in [4.78, 5) is 0. The standard InChI is InChI=1S/C11H18O2/c1-4-5-11(12)7-6-10(2,3)8-9(11)13-8/h4,8-9,12H,1,5-7H2,2-3H3/t8-,9+,11+/m0/s1. The Balaban J connectivity index is 2.10. The average Bonchev–Trinajstić information content (AvgIpc) is 2.79. The van der Waals surface area contributed by atoms with Crippen LogP contribution in [-0.2, 0) is 4.74 Å². The SMILES string of the molecule is C=CC[C@@]1(O)CCC(C)(C)[C@H]2O[C@H]21. The number of ether oxygens (including phenoxy) is 1. The normalized spacial score (nSPS) is 46.7. The Labute approximate surface area is 79.6 Å². The highest BCUT2D eigenvalue weighted by Gasteiger charge is 2.62. The first kappa shape index (κ1) is 9.22. The van der Waals surface area contributed by atoms with Crippen LogP contribution in [0.5, 0.6) is 0 Å². The largest absolute Gasteiger partial charge is 0.387 e. The van der Waals surface area contributed by atoms with Gasteiger partial charge in [0.15, 0.2) is 0 Å². The molecule has 0 amide bonds. The summed E-state index contributed by atoms with van der Waals surface area (Å²) in [6.45, 7) is 8.10. The van der Waals surface area contributed by atoms with Crippen LogP contribution in [0.2, 0.25) is 0 Å². The highest BCUT2D eigenvalue weighted by atomic mass is 16.6. The minimum atomic E-state index is -0.623. The molecule has 0 aromatic heterocycles. The molecule has 2 heteroatoms. The second kappa shape index (κ2) is 2.58. The van der Waals surface area contributed by atoms with Crippen LogP contribution in [0.3, 0.4) is 0 Å². The minimum absolute atomic E-state index is 0.0641. The summed E-state index contributed by atoms with van der Waals surface area (Å²) in [6.07, 6.45) is 4.66. The minimum Gasteiger partial charge on any atom is -0.387 e. The third-order valence-electron chi connectivity index (χ3n) is 3.49. The highest BCUT2D eigenvalue weighted by molar-refractivity contribution is 5.12. The van der Waals surface area contributed by atoms with Gasteiger partial charge >= 0.3 is 0 Å². The van der Waals surface area contributed by atoms with Crippen molar-refractivity contribution in [3.63, 3.8) is 0 Å². The van der Waals surface area contributed by atoms with E-state index in [9.17, 15) is 5.11 Å². The van der Waals surface area contributed by atoms with Crippen LogP contribution in [-0.4, -0.2) is 22.9 Å². The molecule has 2 fully saturated rings. The van der Waals surface area contributed by atoms with E-state index in [0.717, 1.165) is 12.8 Å². The molecule has 3 atom stereocenters. The zero-order valence-corrected chi connectivity index (χ0v) is 8.42. The van der Waals surface area contributed by atoms with E-state index >= 15 is 0 Å². The second-order valence-corrected chi connectivity index (χ2v) is 5.06. The van der Waals surface area contributed by atoms with Gasteiger partial charge in [0.1, 0.15) is 6.10 Å². The van der Waals surface area contributed by atoms with E-state index in [2.05, 4.69) is 20.4 Å². The maximum absolute atomic E-state index is 10.2. The predicted octanol–water partition coefficient (Wildman–Crippen LogP) is 1.88. The molecule has 1 aliphatic carbocycles. The van der Waals surface area contributed by atoms with Gasteiger partial charge in [-0.3, -0.25) is 0 Å². The van der Waals surface area contributed by atoms with Gasteiger partial charge < -0.3 is 9.84 Å². The molecule has 0 unspecified atom stereocenters. The Bertz CT molecular complexity index is 234. The van der Waals surface area contributed by atoms with Crippen LogP contribution in [0.4, 0.5) is 0 Å². The molecule has 0 aromatic rings. The smallest absolute Gasteiger partial charge is 0.114 e. The molecule has 1 saturated heterocycles. The molecule has 2 aliphatic rings. The molecule has 2 rings (SSSR count). The third-order valence-corrected chi connectivity index (χ3v) is 3.49. The molecule has 2 nitrogen and oxygen atoms in total. The molecular weight excluding hydrogens is 164 g/mol. The summed E-state index contributed by atoms with van der Waals surface area (Å²) >= 11 is 0. The Morgan fingerprint density at radius 3 is 2.77 bits per heavy atom. The molecule has 1 saturated carbocycles. The number of hydrogen-bond acceptors (Lipinski definition) is 2. The van der Waals surface area contributed by atoms with Gasteiger partial charge in [-0.2, -0.15) is 0 Å². The molecule has 0 aromatic carbocycles. The first-order chi connectivity index (χ1) is 5.99. The van der Waals surface area contributed by atoms with E-state index in [-0.39, 0.29) is 17.6 Å². The molecular formula is C11H18O2. The van der Waals surface area contributed by atoms with Gasteiger partial charge in [-0.25, -0.2) is 0 Å². The van der Waals surface area contributed by atoms with Gasteiger partial charge in [-0.15, -0.1) is 6.58 Å². The number of rotatable bonds is 2. The second-order valence-electron chi connectivity index (χ2n) is 5.06. The van der Waals surface area contributed by atoms with Gasteiger partial charge in [0.05, 0.1) is 11.7 Å². The van der Waals surface area contributed by atoms with Crippen molar-refractivity contribution in [2.45, 2.75) is 50.9 Å². The van der Waals surface area contributed by atoms with Crippen molar-refractivity contribution in [1.82, 2.24) is 0 Å². The third kappa shape index (κ3) is 1.32. The van der Waals surface area contributed by atoms with Crippen molar-refractivity contribution < 1.29 is 9.84 Å². The van der Waals surface area contributed by atoms with Gasteiger partial charge in [-0.1, -0.05) is 19.9 Å². The first-order valence-corrected chi connectivity index (χ1v) is 4.98. The molecule has 1 aliphatic heterocycles. The van der Waals surface area contributed by atoms with Crippen molar-refractivity contribution in [3.8, 4) is 0 Å². The summed E-state index contributed by atoms with van der Waals surface area (Å²) in [5.41, 5.74) is -0.375. The van der Waals surface area contributed by atoms with Crippen LogP contribution in [0.1, 0.15) is 33.1 Å². The van der Waals surface area contributed by atoms with Crippen LogP contribution in [0.25, 0.3) is 0 Å². The topological polar surface area (TPSA) is 32.8 Å². The lowest BCUT2D eigenvalue weighted by Gasteiger charge is -2.35. The fraction of sp³-hybridized carbons (Fsp3) is 0.818. The molecule has 1 heterocycles. The van der Waals surface area contributed by atoms with Gasteiger partial charge in [0, 0.05) is 0 Å². The van der Waals surface area contributed by atoms with Crippen molar-refractivity contribution in [2.24, 2.45) is 5.41 Å². The van der Waals surface area contributed by atoms with Crippen LogP contribution in [0, 0.1) is 5.41 Å². The molecule has 13 heavy (non-hydrogen) atoms. The van der Waals surface area contributed by atoms with Gasteiger partial charge in [0.25, 0.3) is 0 Å². The summed E-state index contributed by atoms with van der Waals surface area (Å²) in [5.74, 6) is 0. The quantitative estimate of drug-likeness (QED) is 0.522. The Morgan fingerprint density at radius 1 is 1.46 bits per heavy atom. The van der Waals surface area contributed by atoms with Crippen molar-refractivity contribution in [1.29, 1.82) is 0 Å². The number of hydrogen-bond donors (Lipinski definition) is 1. The fourth-order valence-corrected chi connectivity index (χ4v) is 2.41. The molecule has 1 N–H and O–H groups in total. The predicted molar refractivity (Wildman–Crippen MR) is 51.4 cm³/mol. The van der Waals surface area contributed by atoms with Gasteiger partial charge in [0.2, 0.25) is 0 Å². The van der Waals surface area contributed by atoms with E-state index in [1.54, 1.807) is 6.08 Å². The van der Waals surface area contributed by atoms with E-state index < -0.39 is 5.60 Å². The Kier molecular flexibility index (Phi) is 1.83. The van der Waals surface area contributed by atoms with Crippen LogP contribution >= 0.6 is 0 Å². The molecule has 0 radical (unpaired) electrons. The Hall–Kier alpha value is -0.340. The van der Waals surface area contributed by atoms with Crippen molar-refractivity contribution in [2.75, 3.05) is 0 Å². The summed E-state index contributed by atoms with van der Waals surface area (Å²) in [6, 6.07) is 0. The van der Waals surface area contributed by atoms with Crippen LogP contribution < -0.4 is 0 Å².